The van der Waals surface area contributed by atoms with Gasteiger partial charge >= 0.3 is 0 Å². The number of furan rings is 1. The molecule has 0 saturated carbocycles. The van der Waals surface area contributed by atoms with Crippen LogP contribution in [0.25, 0.3) is 22.4 Å². The number of nitrogens with zero attached hydrogens (tertiary/aromatic N) is 3. The number of nitrogens with one attached hydrogen (secondary N) is 1. The van der Waals surface area contributed by atoms with Crippen molar-refractivity contribution in [1.82, 2.24) is 20.4 Å². The first-order valence-electron chi connectivity index (χ1n) is 8.39. The van der Waals surface area contributed by atoms with E-state index in [2.05, 4.69) is 15.5 Å². The smallest absolute Gasteiger partial charge is 0.259 e. The third-order valence-corrected chi connectivity index (χ3v) is 4.57. The number of aryl methyl sites for hydroxylation is 3. The molecule has 0 aliphatic carbocycles. The molecule has 0 atom stereocenters. The van der Waals surface area contributed by atoms with Crippen LogP contribution in [0.3, 0.4) is 0 Å². The molecule has 7 heteroatoms. The minimum Gasteiger partial charge on any atom is -0.466 e. The molecule has 0 aromatic carbocycles. The lowest BCUT2D eigenvalue weighted by atomic mass is 10.0. The average molecular weight is 340 g/mol. The number of rotatable bonds is 2. The van der Waals surface area contributed by atoms with Crippen molar-refractivity contribution in [1.29, 1.82) is 0 Å². The van der Waals surface area contributed by atoms with E-state index in [0.717, 1.165) is 30.2 Å². The van der Waals surface area contributed by atoms with Gasteiger partial charge in [0.05, 0.1) is 22.3 Å². The molecular formula is C18H20N4O3. The highest BCUT2D eigenvalue weighted by molar-refractivity contribution is 6.07. The summed E-state index contributed by atoms with van der Waals surface area (Å²) in [5.74, 6) is 1.55. The fourth-order valence-corrected chi connectivity index (χ4v) is 3.32. The molecule has 1 aliphatic heterocycles. The topological polar surface area (TPSA) is 84.4 Å². The molecular weight excluding hydrogens is 320 g/mol. The van der Waals surface area contributed by atoms with Gasteiger partial charge in [0.25, 0.3) is 11.6 Å². The van der Waals surface area contributed by atoms with E-state index < -0.39 is 0 Å². The quantitative estimate of drug-likeness (QED) is 0.771. The van der Waals surface area contributed by atoms with E-state index in [4.69, 9.17) is 8.94 Å². The maximum absolute atomic E-state index is 13.1. The van der Waals surface area contributed by atoms with Crippen LogP contribution in [0.1, 0.15) is 27.6 Å². The molecule has 3 aromatic rings. The van der Waals surface area contributed by atoms with Gasteiger partial charge in [-0.05, 0) is 32.9 Å². The molecule has 130 valence electrons. The van der Waals surface area contributed by atoms with Gasteiger partial charge in [-0.25, -0.2) is 4.98 Å². The van der Waals surface area contributed by atoms with Gasteiger partial charge in [-0.15, -0.1) is 0 Å². The van der Waals surface area contributed by atoms with Crippen molar-refractivity contribution in [2.24, 2.45) is 0 Å². The second-order valence-electron chi connectivity index (χ2n) is 6.37. The summed E-state index contributed by atoms with van der Waals surface area (Å²) in [7, 11) is 0. The lowest BCUT2D eigenvalue weighted by molar-refractivity contribution is 0.0737. The summed E-state index contributed by atoms with van der Waals surface area (Å²) in [5, 5.41) is 7.95. The van der Waals surface area contributed by atoms with Gasteiger partial charge in [0.1, 0.15) is 11.5 Å². The van der Waals surface area contributed by atoms with Crippen molar-refractivity contribution >= 4 is 17.0 Å². The monoisotopic (exact) mass is 340 g/mol. The van der Waals surface area contributed by atoms with E-state index >= 15 is 0 Å². The van der Waals surface area contributed by atoms with Crippen molar-refractivity contribution in [2.45, 2.75) is 20.8 Å². The molecule has 3 aromatic heterocycles. The fourth-order valence-electron chi connectivity index (χ4n) is 3.32. The van der Waals surface area contributed by atoms with Crippen LogP contribution >= 0.6 is 0 Å². The van der Waals surface area contributed by atoms with Crippen LogP contribution in [0.2, 0.25) is 0 Å². The van der Waals surface area contributed by atoms with Gasteiger partial charge in [0, 0.05) is 31.7 Å². The summed E-state index contributed by atoms with van der Waals surface area (Å²) in [5.41, 5.74) is 3.16. The third kappa shape index (κ3) is 2.70. The van der Waals surface area contributed by atoms with E-state index in [1.165, 1.54) is 0 Å². The SMILES string of the molecule is Cc1cc(-c2cc(C(=O)N3CCNCC3)c3c(C)noc3n2)c(C)o1. The van der Waals surface area contributed by atoms with Crippen LogP contribution in [0.4, 0.5) is 0 Å². The van der Waals surface area contributed by atoms with Gasteiger partial charge in [0.2, 0.25) is 0 Å². The van der Waals surface area contributed by atoms with Gasteiger partial charge in [-0.2, -0.15) is 0 Å². The second kappa shape index (κ2) is 6.00. The average Bonchev–Trinajstić information content (AvgIpc) is 3.16. The predicted molar refractivity (Wildman–Crippen MR) is 92.5 cm³/mol. The minimum absolute atomic E-state index is 0.0145. The number of carbonyl (C=O) groups is 1. The van der Waals surface area contributed by atoms with Crippen molar-refractivity contribution in [2.75, 3.05) is 26.2 Å². The Morgan fingerprint density at radius 2 is 1.96 bits per heavy atom. The summed E-state index contributed by atoms with van der Waals surface area (Å²) in [6.07, 6.45) is 0. The zero-order chi connectivity index (χ0) is 17.6. The Bertz CT molecular complexity index is 951. The summed E-state index contributed by atoms with van der Waals surface area (Å²) in [4.78, 5) is 19.5. The number of aromatic nitrogens is 2. The van der Waals surface area contributed by atoms with Crippen LogP contribution in [0.5, 0.6) is 0 Å². The normalized spacial score (nSPS) is 15.1. The number of fused-ring (bicyclic) bond motifs is 1. The second-order valence-corrected chi connectivity index (χ2v) is 6.37. The van der Waals surface area contributed by atoms with Gasteiger partial charge in [-0.1, -0.05) is 5.16 Å². The van der Waals surface area contributed by atoms with E-state index in [-0.39, 0.29) is 5.91 Å². The Morgan fingerprint density at radius 1 is 1.20 bits per heavy atom. The number of carbonyl (C=O) groups excluding carboxylic acids is 1. The zero-order valence-corrected chi connectivity index (χ0v) is 14.5. The van der Waals surface area contributed by atoms with Crippen LogP contribution in [0.15, 0.2) is 21.1 Å². The molecule has 1 aliphatic rings. The number of hydrogen-bond acceptors (Lipinski definition) is 6. The summed E-state index contributed by atoms with van der Waals surface area (Å²) in [6.45, 7) is 8.58. The van der Waals surface area contributed by atoms with Gasteiger partial charge in [-0.3, -0.25) is 4.79 Å². The van der Waals surface area contributed by atoms with Crippen molar-refractivity contribution in [3.63, 3.8) is 0 Å². The standard InChI is InChI=1S/C18H20N4O3/c1-10-8-13(12(3)24-10)15-9-14(16-11(2)21-25-17(16)20-15)18(23)22-6-4-19-5-7-22/h8-9,19H,4-7H2,1-3H3. The van der Waals surface area contributed by atoms with E-state index in [0.29, 0.717) is 41.1 Å². The molecule has 1 saturated heterocycles. The molecule has 1 N–H and O–H groups in total. The number of pyridine rings is 1. The van der Waals surface area contributed by atoms with Crippen molar-refractivity contribution in [3.05, 3.63) is 34.9 Å². The largest absolute Gasteiger partial charge is 0.466 e. The lowest BCUT2D eigenvalue weighted by Crippen LogP contribution is -2.46. The molecule has 4 rings (SSSR count). The molecule has 0 radical (unpaired) electrons. The molecule has 4 heterocycles. The van der Waals surface area contributed by atoms with E-state index in [1.807, 2.05) is 37.8 Å². The summed E-state index contributed by atoms with van der Waals surface area (Å²) in [6, 6.07) is 3.75. The predicted octanol–water partition coefficient (Wildman–Crippen LogP) is 2.45. The first-order valence-corrected chi connectivity index (χ1v) is 8.39. The summed E-state index contributed by atoms with van der Waals surface area (Å²) >= 11 is 0. The third-order valence-electron chi connectivity index (χ3n) is 4.57. The Hall–Kier alpha value is -2.67. The molecule has 7 nitrogen and oxygen atoms in total. The fraction of sp³-hybridized carbons (Fsp3) is 0.389. The highest BCUT2D eigenvalue weighted by Gasteiger charge is 2.25. The minimum atomic E-state index is -0.0145. The highest BCUT2D eigenvalue weighted by Crippen LogP contribution is 2.31. The first kappa shape index (κ1) is 15.8. The number of piperazine rings is 1. The zero-order valence-electron chi connectivity index (χ0n) is 14.5. The first-order chi connectivity index (χ1) is 12.0. The Kier molecular flexibility index (Phi) is 3.80. The van der Waals surface area contributed by atoms with Crippen molar-refractivity contribution < 1.29 is 13.7 Å². The molecule has 0 unspecified atom stereocenters. The van der Waals surface area contributed by atoms with Crippen LogP contribution < -0.4 is 5.32 Å². The highest BCUT2D eigenvalue weighted by atomic mass is 16.5. The maximum atomic E-state index is 13.1. The lowest BCUT2D eigenvalue weighted by Gasteiger charge is -2.27. The van der Waals surface area contributed by atoms with Crippen LogP contribution in [-0.2, 0) is 0 Å². The van der Waals surface area contributed by atoms with E-state index in [1.54, 1.807) is 0 Å². The van der Waals surface area contributed by atoms with Crippen LogP contribution in [-0.4, -0.2) is 47.1 Å². The Balaban J connectivity index is 1.87. The Labute approximate surface area is 145 Å². The van der Waals surface area contributed by atoms with E-state index in [9.17, 15) is 4.79 Å². The van der Waals surface area contributed by atoms with Crippen LogP contribution in [0, 0.1) is 20.8 Å². The molecule has 1 fully saturated rings. The molecule has 0 bridgehead atoms. The molecule has 1 amide bonds. The Morgan fingerprint density at radius 3 is 2.64 bits per heavy atom. The number of hydrogen-bond donors (Lipinski definition) is 1. The van der Waals surface area contributed by atoms with Crippen molar-refractivity contribution in [3.8, 4) is 11.3 Å². The maximum Gasteiger partial charge on any atom is 0.259 e. The van der Waals surface area contributed by atoms with Gasteiger partial charge in [0.15, 0.2) is 0 Å². The summed E-state index contributed by atoms with van der Waals surface area (Å²) < 4.78 is 11.0. The molecule has 25 heavy (non-hydrogen) atoms. The molecule has 0 spiro atoms. The van der Waals surface area contributed by atoms with Gasteiger partial charge < -0.3 is 19.2 Å². The number of amides is 1.